The maximum absolute atomic E-state index is 12.6. The number of hydrogen-bond acceptors (Lipinski definition) is 3. The summed E-state index contributed by atoms with van der Waals surface area (Å²) in [7, 11) is 1.64. The molecule has 0 aromatic carbocycles. The lowest BCUT2D eigenvalue weighted by molar-refractivity contribution is 0.158. The SMILES string of the molecule is COCC(C)(C)Nc1ccc(F)cn1. The third-order valence-corrected chi connectivity index (χ3v) is 1.70. The Labute approximate surface area is 83.3 Å². The summed E-state index contributed by atoms with van der Waals surface area (Å²) in [5.74, 6) is 0.313. The number of methoxy groups -OCH3 is 1. The summed E-state index contributed by atoms with van der Waals surface area (Å²) < 4.78 is 17.6. The van der Waals surface area contributed by atoms with Crippen molar-refractivity contribution >= 4 is 5.82 Å². The number of anilines is 1. The fourth-order valence-corrected chi connectivity index (χ4v) is 1.19. The molecular formula is C10H15FN2O. The number of nitrogens with zero attached hydrogens (tertiary/aromatic N) is 1. The van der Waals surface area contributed by atoms with E-state index in [2.05, 4.69) is 10.3 Å². The summed E-state index contributed by atoms with van der Waals surface area (Å²) in [6, 6.07) is 2.98. The van der Waals surface area contributed by atoms with E-state index in [0.717, 1.165) is 0 Å². The van der Waals surface area contributed by atoms with E-state index in [-0.39, 0.29) is 11.4 Å². The number of aromatic nitrogens is 1. The second kappa shape index (κ2) is 4.37. The van der Waals surface area contributed by atoms with Gasteiger partial charge in [-0.3, -0.25) is 0 Å². The number of ether oxygens (including phenoxy) is 1. The minimum absolute atomic E-state index is 0.209. The van der Waals surface area contributed by atoms with Crippen molar-refractivity contribution in [3.8, 4) is 0 Å². The molecule has 1 aromatic heterocycles. The van der Waals surface area contributed by atoms with Crippen molar-refractivity contribution in [2.24, 2.45) is 0 Å². The molecular weight excluding hydrogens is 183 g/mol. The van der Waals surface area contributed by atoms with Crippen LogP contribution in [0.1, 0.15) is 13.8 Å². The van der Waals surface area contributed by atoms with Crippen molar-refractivity contribution in [2.75, 3.05) is 19.0 Å². The highest BCUT2D eigenvalue weighted by Gasteiger charge is 2.17. The molecule has 0 aliphatic carbocycles. The second-order valence-electron chi connectivity index (χ2n) is 3.80. The molecule has 0 atom stereocenters. The van der Waals surface area contributed by atoms with Crippen LogP contribution in [-0.4, -0.2) is 24.2 Å². The van der Waals surface area contributed by atoms with Crippen molar-refractivity contribution in [2.45, 2.75) is 19.4 Å². The van der Waals surface area contributed by atoms with Crippen LogP contribution in [0.2, 0.25) is 0 Å². The quantitative estimate of drug-likeness (QED) is 0.804. The number of pyridine rings is 1. The molecule has 78 valence electrons. The zero-order chi connectivity index (χ0) is 10.6. The van der Waals surface area contributed by atoms with Crippen LogP contribution >= 0.6 is 0 Å². The third kappa shape index (κ3) is 3.30. The Hall–Kier alpha value is -1.16. The minimum Gasteiger partial charge on any atom is -0.382 e. The summed E-state index contributed by atoms with van der Waals surface area (Å²) in [4.78, 5) is 3.90. The van der Waals surface area contributed by atoms with Crippen LogP contribution < -0.4 is 5.32 Å². The lowest BCUT2D eigenvalue weighted by atomic mass is 10.1. The van der Waals surface area contributed by atoms with Crippen LogP contribution in [0, 0.1) is 5.82 Å². The first-order valence-electron chi connectivity index (χ1n) is 4.42. The molecule has 0 fully saturated rings. The van der Waals surface area contributed by atoms with Gasteiger partial charge in [-0.2, -0.15) is 0 Å². The van der Waals surface area contributed by atoms with Crippen molar-refractivity contribution in [3.05, 3.63) is 24.1 Å². The normalized spacial score (nSPS) is 11.4. The van der Waals surface area contributed by atoms with Gasteiger partial charge in [-0.05, 0) is 26.0 Å². The molecule has 0 amide bonds. The van der Waals surface area contributed by atoms with E-state index in [1.165, 1.54) is 12.3 Å². The van der Waals surface area contributed by atoms with Crippen molar-refractivity contribution in [1.29, 1.82) is 0 Å². The minimum atomic E-state index is -0.333. The van der Waals surface area contributed by atoms with Crippen LogP contribution in [0.3, 0.4) is 0 Å². The molecule has 0 aliphatic heterocycles. The summed E-state index contributed by atoms with van der Waals surface area (Å²) in [6.45, 7) is 4.54. The highest BCUT2D eigenvalue weighted by Crippen LogP contribution is 2.12. The lowest BCUT2D eigenvalue weighted by Gasteiger charge is -2.25. The van der Waals surface area contributed by atoms with Gasteiger partial charge in [-0.1, -0.05) is 0 Å². The van der Waals surface area contributed by atoms with Crippen LogP contribution in [0.15, 0.2) is 18.3 Å². The number of nitrogens with one attached hydrogen (secondary N) is 1. The van der Waals surface area contributed by atoms with Gasteiger partial charge in [0, 0.05) is 7.11 Å². The Balaban J connectivity index is 2.64. The predicted octanol–water partition coefficient (Wildman–Crippen LogP) is 2.06. The molecule has 0 spiro atoms. The number of halogens is 1. The average Bonchev–Trinajstić information content (AvgIpc) is 2.08. The molecule has 1 rings (SSSR count). The summed E-state index contributed by atoms with van der Waals surface area (Å²) in [5, 5.41) is 3.14. The zero-order valence-corrected chi connectivity index (χ0v) is 8.67. The van der Waals surface area contributed by atoms with E-state index in [9.17, 15) is 4.39 Å². The highest BCUT2D eigenvalue weighted by molar-refractivity contribution is 5.36. The Morgan fingerprint density at radius 1 is 1.50 bits per heavy atom. The Bertz CT molecular complexity index is 285. The van der Waals surface area contributed by atoms with Gasteiger partial charge in [0.15, 0.2) is 0 Å². The van der Waals surface area contributed by atoms with Gasteiger partial charge in [-0.15, -0.1) is 0 Å². The number of hydrogen-bond donors (Lipinski definition) is 1. The summed E-state index contributed by atoms with van der Waals surface area (Å²) in [5.41, 5.74) is -0.209. The molecule has 14 heavy (non-hydrogen) atoms. The Kier molecular flexibility index (Phi) is 3.41. The van der Waals surface area contributed by atoms with Crippen molar-refractivity contribution in [1.82, 2.24) is 4.98 Å². The van der Waals surface area contributed by atoms with Crippen LogP contribution in [0.4, 0.5) is 10.2 Å². The van der Waals surface area contributed by atoms with Gasteiger partial charge in [0.2, 0.25) is 0 Å². The highest BCUT2D eigenvalue weighted by atomic mass is 19.1. The first-order chi connectivity index (χ1) is 6.53. The van der Waals surface area contributed by atoms with Crippen LogP contribution in [0.5, 0.6) is 0 Å². The van der Waals surface area contributed by atoms with Gasteiger partial charge in [0.25, 0.3) is 0 Å². The number of rotatable bonds is 4. The van der Waals surface area contributed by atoms with E-state index < -0.39 is 0 Å². The Morgan fingerprint density at radius 3 is 2.71 bits per heavy atom. The van der Waals surface area contributed by atoms with Gasteiger partial charge in [0.1, 0.15) is 11.6 Å². The van der Waals surface area contributed by atoms with Gasteiger partial charge < -0.3 is 10.1 Å². The topological polar surface area (TPSA) is 34.1 Å². The molecule has 0 unspecified atom stereocenters. The van der Waals surface area contributed by atoms with E-state index in [0.29, 0.717) is 12.4 Å². The molecule has 1 heterocycles. The molecule has 1 N–H and O–H groups in total. The average molecular weight is 198 g/mol. The van der Waals surface area contributed by atoms with E-state index in [1.54, 1.807) is 13.2 Å². The van der Waals surface area contributed by atoms with Gasteiger partial charge in [0.05, 0.1) is 18.3 Å². The van der Waals surface area contributed by atoms with Gasteiger partial charge in [-0.25, -0.2) is 9.37 Å². The summed E-state index contributed by atoms with van der Waals surface area (Å²) in [6.07, 6.45) is 1.19. The van der Waals surface area contributed by atoms with E-state index >= 15 is 0 Å². The molecule has 0 bridgehead atoms. The summed E-state index contributed by atoms with van der Waals surface area (Å²) >= 11 is 0. The van der Waals surface area contributed by atoms with Gasteiger partial charge >= 0.3 is 0 Å². The fraction of sp³-hybridized carbons (Fsp3) is 0.500. The molecule has 1 aromatic rings. The smallest absolute Gasteiger partial charge is 0.141 e. The molecule has 0 aliphatic rings. The molecule has 4 heteroatoms. The predicted molar refractivity (Wildman–Crippen MR) is 53.8 cm³/mol. The molecule has 0 saturated heterocycles. The third-order valence-electron chi connectivity index (χ3n) is 1.70. The molecule has 3 nitrogen and oxygen atoms in total. The Morgan fingerprint density at radius 2 is 2.21 bits per heavy atom. The van der Waals surface area contributed by atoms with Crippen molar-refractivity contribution in [3.63, 3.8) is 0 Å². The maximum Gasteiger partial charge on any atom is 0.141 e. The largest absolute Gasteiger partial charge is 0.382 e. The maximum atomic E-state index is 12.6. The monoisotopic (exact) mass is 198 g/mol. The first-order valence-corrected chi connectivity index (χ1v) is 4.42. The lowest BCUT2D eigenvalue weighted by Crippen LogP contribution is -2.36. The molecule has 0 saturated carbocycles. The molecule has 0 radical (unpaired) electrons. The zero-order valence-electron chi connectivity index (χ0n) is 8.67. The van der Waals surface area contributed by atoms with E-state index in [1.807, 2.05) is 13.8 Å². The first kappa shape index (κ1) is 10.9. The van der Waals surface area contributed by atoms with E-state index in [4.69, 9.17) is 4.74 Å². The van der Waals surface area contributed by atoms with Crippen molar-refractivity contribution < 1.29 is 9.13 Å². The fourth-order valence-electron chi connectivity index (χ4n) is 1.19. The second-order valence-corrected chi connectivity index (χ2v) is 3.80. The standard InChI is InChI=1S/C10H15FN2O/c1-10(2,7-14-3)13-9-5-4-8(11)6-12-9/h4-6H,7H2,1-3H3,(H,12,13). The van der Waals surface area contributed by atoms with Crippen LogP contribution in [-0.2, 0) is 4.74 Å². The van der Waals surface area contributed by atoms with Crippen LogP contribution in [0.25, 0.3) is 0 Å².